The van der Waals surface area contributed by atoms with Gasteiger partial charge in [0, 0.05) is 18.9 Å². The van der Waals surface area contributed by atoms with Crippen LogP contribution in [-0.2, 0) is 61.2 Å². The van der Waals surface area contributed by atoms with E-state index >= 15 is 0 Å². The summed E-state index contributed by atoms with van der Waals surface area (Å²) >= 11 is 0. The molecule has 0 aromatic rings. The van der Waals surface area contributed by atoms with Crippen LogP contribution >= 0.6 is 7.82 Å². The SMILES string of the molecule is CCCCCCCC/C=C\CCCCCC(=O)OCC1OC(OC2C(O)C(O)C(O)C(OC3OC(CO)C(O)C(O)C3O)C2OP(=O)(O)OCC(COC(=O)CCCCCCCCCCCCCC)OC(=O)/C=C/C=C/CCCCCCCCCCCCC)C(O)C(O)C1O. The lowest BCUT2D eigenvalue weighted by atomic mass is 9.84. The largest absolute Gasteiger partial charge is 0.472 e. The van der Waals surface area contributed by atoms with Gasteiger partial charge in [0.1, 0.15) is 98.7 Å². The molecular formula is C70H125O24P. The van der Waals surface area contributed by atoms with Crippen molar-refractivity contribution in [3.63, 3.8) is 0 Å². The van der Waals surface area contributed by atoms with E-state index < -0.39 is 156 Å². The highest BCUT2D eigenvalue weighted by Gasteiger charge is 2.58. The van der Waals surface area contributed by atoms with Crippen molar-refractivity contribution in [2.45, 2.75) is 362 Å². The number of unbranched alkanes of at least 4 members (excludes halogenated alkanes) is 31. The summed E-state index contributed by atoms with van der Waals surface area (Å²) in [5.41, 5.74) is 0. The fourth-order valence-corrected chi connectivity index (χ4v) is 12.7. The molecule has 2 saturated heterocycles. The van der Waals surface area contributed by atoms with Crippen LogP contribution in [0.5, 0.6) is 0 Å². The highest BCUT2D eigenvalue weighted by molar-refractivity contribution is 7.47. The van der Waals surface area contributed by atoms with E-state index in [1.165, 1.54) is 128 Å². The van der Waals surface area contributed by atoms with Crippen molar-refractivity contribution in [3.05, 3.63) is 36.5 Å². The third-order valence-corrected chi connectivity index (χ3v) is 18.7. The first kappa shape index (κ1) is 86.4. The third-order valence-electron chi connectivity index (χ3n) is 17.8. The van der Waals surface area contributed by atoms with Gasteiger partial charge in [-0.25, -0.2) is 9.36 Å². The molecule has 24 nitrogen and oxygen atoms in total. The molecular weight excluding hydrogens is 1260 g/mol. The maximum absolute atomic E-state index is 14.3. The molecule has 3 fully saturated rings. The van der Waals surface area contributed by atoms with Crippen molar-refractivity contribution in [2.75, 3.05) is 26.4 Å². The van der Waals surface area contributed by atoms with E-state index in [1.54, 1.807) is 6.08 Å². The second-order valence-corrected chi connectivity index (χ2v) is 27.4. The number of hydrogen-bond donors (Lipinski definition) is 11. The molecule has 18 atom stereocenters. The van der Waals surface area contributed by atoms with Gasteiger partial charge < -0.3 is 89.1 Å². The molecule has 2 heterocycles. The Morgan fingerprint density at radius 2 is 0.811 bits per heavy atom. The molecule has 0 spiro atoms. The molecule has 95 heavy (non-hydrogen) atoms. The predicted molar refractivity (Wildman–Crippen MR) is 356 cm³/mol. The highest BCUT2D eigenvalue weighted by Crippen LogP contribution is 2.49. The van der Waals surface area contributed by atoms with Crippen LogP contribution in [0.25, 0.3) is 0 Å². The number of aliphatic hydroxyl groups is 10. The lowest BCUT2D eigenvalue weighted by molar-refractivity contribution is -0.360. The van der Waals surface area contributed by atoms with Gasteiger partial charge in [-0.1, -0.05) is 225 Å². The van der Waals surface area contributed by atoms with Gasteiger partial charge in [-0.15, -0.1) is 0 Å². The smallest absolute Gasteiger partial charge is 0.463 e. The van der Waals surface area contributed by atoms with E-state index in [0.29, 0.717) is 12.8 Å². The number of carbonyl (C=O) groups excluding carboxylic acids is 3. The fourth-order valence-electron chi connectivity index (χ4n) is 11.8. The predicted octanol–water partition coefficient (Wildman–Crippen LogP) is 9.12. The molecule has 0 aromatic heterocycles. The number of phosphoric ester groups is 1. The Morgan fingerprint density at radius 3 is 1.26 bits per heavy atom. The molecule has 3 aliphatic rings. The van der Waals surface area contributed by atoms with Gasteiger partial charge in [0.15, 0.2) is 18.7 Å². The van der Waals surface area contributed by atoms with Gasteiger partial charge in [0.05, 0.1) is 13.2 Å². The van der Waals surface area contributed by atoms with E-state index in [4.69, 9.17) is 42.2 Å². The van der Waals surface area contributed by atoms with Gasteiger partial charge in [0.25, 0.3) is 0 Å². The quantitative estimate of drug-likeness (QED) is 0.00514. The summed E-state index contributed by atoms with van der Waals surface area (Å²) in [6, 6.07) is 0. The van der Waals surface area contributed by atoms with Crippen molar-refractivity contribution < 1.29 is 117 Å². The van der Waals surface area contributed by atoms with Gasteiger partial charge in [0.2, 0.25) is 0 Å². The van der Waals surface area contributed by atoms with Crippen LogP contribution in [0.2, 0.25) is 0 Å². The first-order valence-electron chi connectivity index (χ1n) is 36.3. The Labute approximate surface area is 566 Å². The maximum Gasteiger partial charge on any atom is 0.472 e. The number of phosphoric acid groups is 1. The highest BCUT2D eigenvalue weighted by atomic mass is 31.2. The normalized spacial score (nSPS) is 28.3. The Bertz CT molecular complexity index is 2120. The molecule has 0 amide bonds. The summed E-state index contributed by atoms with van der Waals surface area (Å²) < 4.78 is 64.6. The van der Waals surface area contributed by atoms with E-state index in [2.05, 4.69) is 32.9 Å². The summed E-state index contributed by atoms with van der Waals surface area (Å²) in [5.74, 6) is -2.26. The number of ether oxygens (including phenoxy) is 7. The lowest BCUT2D eigenvalue weighted by Crippen LogP contribution is -2.69. The summed E-state index contributed by atoms with van der Waals surface area (Å²) in [6.45, 7) is 3.29. The van der Waals surface area contributed by atoms with Gasteiger partial charge in [-0.05, 0) is 51.4 Å². The first-order chi connectivity index (χ1) is 45.8. The van der Waals surface area contributed by atoms with Crippen molar-refractivity contribution in [2.24, 2.45) is 0 Å². The zero-order chi connectivity index (χ0) is 69.6. The number of allylic oxidation sites excluding steroid dienone is 5. The molecule has 0 bridgehead atoms. The number of hydrogen-bond acceptors (Lipinski definition) is 23. The maximum atomic E-state index is 14.3. The standard InChI is InChI=1S/C70H125O24P/c1-4-7-10-13-16-19-22-25-26-28-31-34-37-40-43-46-56(74)89-51(48-86-54(72)44-41-38-35-32-29-24-21-18-15-12-9-6-3)49-88-95(84,85)94-68-66(92-69-64(82)59(77)57(75)52(47-71)90-69)62(80)61(79)63(81)67(68)93-70-65(83)60(78)58(76)53(91-70)50-87-55(73)45-42-39-36-33-30-27-23-20-17-14-11-8-5-2/h27,30,37,40,43,46,51-53,57-71,75-83H,4-26,28-29,31-36,38-39,41-42,44-45,47-50H2,1-3H3,(H,84,85)/b30-27-,40-37+,46-43+. The number of carbonyl (C=O) groups is 3. The van der Waals surface area contributed by atoms with Crippen LogP contribution in [0.15, 0.2) is 36.5 Å². The monoisotopic (exact) mass is 1380 g/mol. The minimum atomic E-state index is -5.72. The Kier molecular flexibility index (Phi) is 47.5. The van der Waals surface area contributed by atoms with E-state index in [0.717, 1.165) is 96.0 Å². The van der Waals surface area contributed by atoms with Crippen LogP contribution in [0.3, 0.4) is 0 Å². The number of aliphatic hydroxyl groups excluding tert-OH is 10. The van der Waals surface area contributed by atoms with Crippen LogP contribution in [0, 0.1) is 0 Å². The molecule has 1 saturated carbocycles. The molecule has 18 unspecified atom stereocenters. The Balaban J connectivity index is 1.78. The van der Waals surface area contributed by atoms with E-state index in [1.807, 2.05) is 6.08 Å². The minimum Gasteiger partial charge on any atom is -0.463 e. The molecule has 0 radical (unpaired) electrons. The van der Waals surface area contributed by atoms with Crippen LogP contribution in [-0.4, -0.2) is 204 Å². The minimum absolute atomic E-state index is 0.00403. The lowest BCUT2D eigenvalue weighted by Gasteiger charge is -2.49. The zero-order valence-electron chi connectivity index (χ0n) is 57.4. The number of esters is 3. The number of rotatable bonds is 55. The topological polar surface area (TPSA) is 374 Å². The Hall–Kier alpha value is -2.82. The van der Waals surface area contributed by atoms with Gasteiger partial charge in [-0.2, -0.15) is 0 Å². The van der Waals surface area contributed by atoms with Gasteiger partial charge in [-0.3, -0.25) is 18.6 Å². The molecule has 554 valence electrons. The molecule has 25 heteroatoms. The Morgan fingerprint density at radius 1 is 0.432 bits per heavy atom. The summed E-state index contributed by atoms with van der Waals surface area (Å²) in [4.78, 5) is 50.7. The summed E-state index contributed by atoms with van der Waals surface area (Å²) in [7, 11) is -5.72. The molecule has 1 aliphatic carbocycles. The molecule has 11 N–H and O–H groups in total. The summed E-state index contributed by atoms with van der Waals surface area (Å²) in [5, 5.41) is 110. The average Bonchev–Trinajstić information content (AvgIpc) is 0.764. The average molecular weight is 1380 g/mol. The fraction of sp³-hybridized carbons (Fsp3) is 0.871. The van der Waals surface area contributed by atoms with Crippen molar-refractivity contribution >= 4 is 25.7 Å². The van der Waals surface area contributed by atoms with Crippen molar-refractivity contribution in [1.82, 2.24) is 0 Å². The summed E-state index contributed by atoms with van der Waals surface area (Å²) in [6.07, 6.45) is 13.0. The van der Waals surface area contributed by atoms with Crippen LogP contribution in [0.1, 0.15) is 258 Å². The molecule has 0 aromatic carbocycles. The third kappa shape index (κ3) is 35.9. The molecule has 3 rings (SSSR count). The second-order valence-electron chi connectivity index (χ2n) is 26.0. The van der Waals surface area contributed by atoms with Gasteiger partial charge >= 0.3 is 25.7 Å². The first-order valence-corrected chi connectivity index (χ1v) is 37.8. The van der Waals surface area contributed by atoms with Crippen molar-refractivity contribution in [1.29, 1.82) is 0 Å². The molecule has 2 aliphatic heterocycles. The van der Waals surface area contributed by atoms with Crippen LogP contribution in [0.4, 0.5) is 0 Å². The van der Waals surface area contributed by atoms with E-state index in [-0.39, 0.29) is 12.8 Å². The zero-order valence-corrected chi connectivity index (χ0v) is 58.3. The second kappa shape index (κ2) is 52.2. The van der Waals surface area contributed by atoms with Crippen LogP contribution < -0.4 is 0 Å². The van der Waals surface area contributed by atoms with Crippen molar-refractivity contribution in [3.8, 4) is 0 Å². The van der Waals surface area contributed by atoms with E-state index in [9.17, 15) is 74.9 Å².